The van der Waals surface area contributed by atoms with Crippen molar-refractivity contribution < 1.29 is 15.3 Å². The Bertz CT molecular complexity index is 109. The van der Waals surface area contributed by atoms with Crippen LogP contribution < -0.4 is 15.3 Å². The Morgan fingerprint density at radius 2 is 0.526 bits per heavy atom. The van der Waals surface area contributed by atoms with Crippen molar-refractivity contribution in [3.05, 3.63) is 0 Å². The number of hydrogen-bond acceptors (Lipinski definition) is 3. The average Bonchev–Trinajstić information content (AvgIpc) is 1.71. The van der Waals surface area contributed by atoms with Crippen molar-refractivity contribution in [2.24, 2.45) is 0 Å². The molecule has 112 valence electrons. The van der Waals surface area contributed by atoms with Gasteiger partial charge in [-0.15, -0.1) is 16.8 Å². The molecule has 0 heterocycles. The van der Waals surface area contributed by atoms with E-state index in [2.05, 4.69) is 11.6 Å². The Balaban J connectivity index is -0.0000000458. The molecule has 0 amide bonds. The van der Waals surface area contributed by atoms with E-state index < -0.39 is 16.8 Å². The second kappa shape index (κ2) is 15.6. The third kappa shape index (κ3) is 4070. The van der Waals surface area contributed by atoms with E-state index in [0.717, 1.165) is 15.2 Å². The SMILES string of the molecule is CC(C)(C)[O-].CC(C)(C)[O-].CC(C)(C)[O-].[CH3][Al+][CH3].[Mg+2]. The van der Waals surface area contributed by atoms with Crippen molar-refractivity contribution in [3.63, 3.8) is 0 Å². The number of hydrogen-bond donors (Lipinski definition) is 0. The summed E-state index contributed by atoms with van der Waals surface area (Å²) in [6, 6.07) is 0. The van der Waals surface area contributed by atoms with Gasteiger partial charge in [-0.3, -0.25) is 0 Å². The van der Waals surface area contributed by atoms with Crippen molar-refractivity contribution in [2.75, 3.05) is 0 Å². The van der Waals surface area contributed by atoms with Gasteiger partial charge in [0.1, 0.15) is 0 Å². The van der Waals surface area contributed by atoms with Crippen LogP contribution in [0.25, 0.3) is 0 Å². The molecule has 5 heteroatoms. The molecule has 0 unspecified atom stereocenters. The Kier molecular flexibility index (Phi) is 26.4. The standard InChI is InChI=1S/3C4H9O.2CH3.Al.Mg/c3*1-4(2,3)5;;;;/h3*1-3H3;2*1H3;;/q3*-1;;;+1;+2. The van der Waals surface area contributed by atoms with Crippen LogP contribution in [-0.4, -0.2) is 55.1 Å². The van der Waals surface area contributed by atoms with Gasteiger partial charge in [-0.2, -0.15) is 0 Å². The molecule has 0 aliphatic heterocycles. The Morgan fingerprint density at radius 1 is 0.526 bits per heavy atom. The molecule has 0 saturated heterocycles. The summed E-state index contributed by atoms with van der Waals surface area (Å²) in [5.74, 6) is 4.42. The molecular formula is C14H33AlMgO3. The molecule has 0 aliphatic rings. The summed E-state index contributed by atoms with van der Waals surface area (Å²) in [5.41, 5.74) is -2.25. The van der Waals surface area contributed by atoms with Crippen molar-refractivity contribution >= 4 is 38.3 Å². The van der Waals surface area contributed by atoms with E-state index in [0.29, 0.717) is 0 Å². The average molecular weight is 301 g/mol. The second-order valence-electron chi connectivity index (χ2n) is 6.91. The first-order valence-electron chi connectivity index (χ1n) is 6.27. The largest absolute Gasteiger partial charge is 2.00 e. The molecule has 0 saturated carbocycles. The first-order valence-corrected chi connectivity index (χ1v) is 8.58. The van der Waals surface area contributed by atoms with Crippen LogP contribution in [0.3, 0.4) is 0 Å². The van der Waals surface area contributed by atoms with Gasteiger partial charge in [0.05, 0.1) is 0 Å². The third-order valence-corrected chi connectivity index (χ3v) is 0. The topological polar surface area (TPSA) is 69.2 Å². The van der Waals surface area contributed by atoms with E-state index in [9.17, 15) is 15.3 Å². The fourth-order valence-electron chi connectivity index (χ4n) is 0. The zero-order chi connectivity index (χ0) is 16.2. The molecule has 0 fully saturated rings. The molecule has 19 heavy (non-hydrogen) atoms. The van der Waals surface area contributed by atoms with E-state index in [-0.39, 0.29) is 23.1 Å². The molecule has 0 radical (unpaired) electrons. The first-order chi connectivity index (χ1) is 7.41. The first kappa shape index (κ1) is 32.2. The zero-order valence-corrected chi connectivity index (χ0v) is 17.6. The van der Waals surface area contributed by atoms with Gasteiger partial charge in [0, 0.05) is 0 Å². The van der Waals surface area contributed by atoms with E-state index >= 15 is 0 Å². The molecule has 0 aromatic heterocycles. The van der Waals surface area contributed by atoms with Crippen LogP contribution in [0.5, 0.6) is 0 Å². The molecule has 0 N–H and O–H groups in total. The van der Waals surface area contributed by atoms with Gasteiger partial charge in [-0.05, 0) is 0 Å². The van der Waals surface area contributed by atoms with Crippen LogP contribution in [-0.2, 0) is 0 Å². The molecule has 0 atom stereocenters. The fourth-order valence-corrected chi connectivity index (χ4v) is 0. The van der Waals surface area contributed by atoms with Gasteiger partial charge < -0.3 is 15.3 Å². The Hall–Kier alpha value is 1.18. The van der Waals surface area contributed by atoms with Crippen LogP contribution in [0.4, 0.5) is 0 Å². The monoisotopic (exact) mass is 300 g/mol. The molecule has 0 aliphatic carbocycles. The molecule has 0 aromatic rings. The quantitative estimate of drug-likeness (QED) is 0.623. The predicted octanol–water partition coefficient (Wildman–Crippen LogP) is 0.842. The van der Waals surface area contributed by atoms with Crippen LogP contribution in [0.2, 0.25) is 11.6 Å². The molecule has 3 nitrogen and oxygen atoms in total. The molecule has 0 bridgehead atoms. The summed E-state index contributed by atoms with van der Waals surface area (Å²) in [6.07, 6.45) is 0. The van der Waals surface area contributed by atoms with Gasteiger partial charge in [-0.25, -0.2) is 0 Å². The van der Waals surface area contributed by atoms with Gasteiger partial charge in [-0.1, -0.05) is 62.3 Å². The van der Waals surface area contributed by atoms with E-state index in [1.165, 1.54) is 0 Å². The van der Waals surface area contributed by atoms with Gasteiger partial charge in [0.2, 0.25) is 0 Å². The van der Waals surface area contributed by atoms with Crippen molar-refractivity contribution in [2.45, 2.75) is 90.7 Å². The Morgan fingerprint density at radius 3 is 0.526 bits per heavy atom. The van der Waals surface area contributed by atoms with Crippen molar-refractivity contribution in [1.82, 2.24) is 0 Å². The van der Waals surface area contributed by atoms with E-state index in [1.807, 2.05) is 0 Å². The fraction of sp³-hybridized carbons (Fsp3) is 1.00. The summed E-state index contributed by atoms with van der Waals surface area (Å²) in [7, 11) is 0. The summed E-state index contributed by atoms with van der Waals surface area (Å²) in [4.78, 5) is 0. The van der Waals surface area contributed by atoms with Gasteiger partial charge in [0.15, 0.2) is 0 Å². The maximum atomic E-state index is 10.1. The van der Waals surface area contributed by atoms with Crippen LogP contribution in [0.15, 0.2) is 0 Å². The minimum atomic E-state index is -0.750. The van der Waals surface area contributed by atoms with Crippen LogP contribution in [0.1, 0.15) is 62.3 Å². The molecule has 0 spiro atoms. The third-order valence-electron chi connectivity index (χ3n) is 0. The molecule has 0 rings (SSSR count). The van der Waals surface area contributed by atoms with Crippen LogP contribution in [0, 0.1) is 0 Å². The maximum Gasteiger partial charge on any atom is 2.00 e. The Labute approximate surface area is 144 Å². The van der Waals surface area contributed by atoms with Gasteiger partial charge >= 0.3 is 49.8 Å². The summed E-state index contributed by atoms with van der Waals surface area (Å²) >= 11 is 0.750. The normalized spacial score (nSPS) is 10.0. The summed E-state index contributed by atoms with van der Waals surface area (Å²) < 4.78 is 0. The van der Waals surface area contributed by atoms with E-state index in [1.54, 1.807) is 62.3 Å². The van der Waals surface area contributed by atoms with Crippen molar-refractivity contribution in [1.29, 1.82) is 0 Å². The minimum Gasteiger partial charge on any atom is 2.00 e. The minimum absolute atomic E-state index is 0. The molecule has 0 aromatic carbocycles. The smallest absolute Gasteiger partial charge is 2.00 e. The predicted molar refractivity (Wildman–Crippen MR) is 82.5 cm³/mol. The molecular weight excluding hydrogens is 267 g/mol. The van der Waals surface area contributed by atoms with E-state index in [4.69, 9.17) is 0 Å². The summed E-state index contributed by atoms with van der Waals surface area (Å²) in [5, 5.41) is 30.3. The number of rotatable bonds is 0. The van der Waals surface area contributed by atoms with Crippen LogP contribution >= 0.6 is 0 Å². The van der Waals surface area contributed by atoms with Crippen molar-refractivity contribution in [3.8, 4) is 0 Å². The maximum absolute atomic E-state index is 10.1. The van der Waals surface area contributed by atoms with Gasteiger partial charge in [0.25, 0.3) is 0 Å². The second-order valence-corrected chi connectivity index (χ2v) is 8.07. The summed E-state index contributed by atoms with van der Waals surface area (Å²) in [6.45, 7) is 14.7. The zero-order valence-electron chi connectivity index (χ0n) is 15.0.